The second-order valence-electron chi connectivity index (χ2n) is 4.85. The first-order chi connectivity index (χ1) is 9.99. The van der Waals surface area contributed by atoms with Crippen LogP contribution in [0.15, 0.2) is 24.3 Å². The minimum atomic E-state index is -0.938. The Bertz CT molecular complexity index is 668. The molecule has 0 aliphatic carbocycles. The van der Waals surface area contributed by atoms with E-state index in [1.54, 1.807) is 12.1 Å². The maximum atomic E-state index is 13.1. The molecule has 1 aromatic carbocycles. The van der Waals surface area contributed by atoms with E-state index in [1.807, 2.05) is 6.92 Å². The molecule has 21 heavy (non-hydrogen) atoms. The molecule has 0 saturated heterocycles. The number of benzene rings is 1. The van der Waals surface area contributed by atoms with Gasteiger partial charge in [-0.15, -0.1) is 11.3 Å². The normalized spacial score (nSPS) is 12.3. The van der Waals surface area contributed by atoms with Gasteiger partial charge in [0.1, 0.15) is 5.82 Å². The van der Waals surface area contributed by atoms with Gasteiger partial charge in [-0.3, -0.25) is 9.59 Å². The van der Waals surface area contributed by atoms with E-state index in [0.717, 1.165) is 11.1 Å². The van der Waals surface area contributed by atoms with Crippen LogP contribution in [0.4, 0.5) is 4.39 Å². The number of hydrogen-bond donors (Lipinski definition) is 2. The summed E-state index contributed by atoms with van der Waals surface area (Å²) in [5.41, 5.74) is 0. The van der Waals surface area contributed by atoms with Gasteiger partial charge in [0.05, 0.1) is 11.3 Å². The summed E-state index contributed by atoms with van der Waals surface area (Å²) < 4.78 is 14.0. The smallest absolute Gasteiger partial charge is 0.305 e. The van der Waals surface area contributed by atoms with E-state index in [1.165, 1.54) is 23.5 Å². The second-order valence-corrected chi connectivity index (χ2v) is 5.93. The Kier molecular flexibility index (Phi) is 4.90. The molecule has 1 atom stereocenters. The third-order valence-corrected chi connectivity index (χ3v) is 4.21. The van der Waals surface area contributed by atoms with Crippen LogP contribution in [0.3, 0.4) is 0 Å². The number of thiophene rings is 1. The first-order valence-corrected chi connectivity index (χ1v) is 7.53. The van der Waals surface area contributed by atoms with Crippen molar-refractivity contribution < 1.29 is 19.1 Å². The number of rotatable bonds is 6. The summed E-state index contributed by atoms with van der Waals surface area (Å²) in [4.78, 5) is 23.4. The van der Waals surface area contributed by atoms with Gasteiger partial charge in [-0.25, -0.2) is 4.39 Å². The molecule has 1 amide bonds. The van der Waals surface area contributed by atoms with Gasteiger partial charge in [-0.1, -0.05) is 13.3 Å². The molecule has 2 N–H and O–H groups in total. The summed E-state index contributed by atoms with van der Waals surface area (Å²) in [5.74, 6) is -1.59. The zero-order chi connectivity index (χ0) is 15.4. The van der Waals surface area contributed by atoms with Gasteiger partial charge in [0.25, 0.3) is 5.91 Å². The van der Waals surface area contributed by atoms with E-state index in [2.05, 4.69) is 5.32 Å². The van der Waals surface area contributed by atoms with Crippen molar-refractivity contribution in [1.82, 2.24) is 5.32 Å². The summed E-state index contributed by atoms with van der Waals surface area (Å²) in [6.45, 7) is 1.93. The zero-order valence-corrected chi connectivity index (χ0v) is 12.4. The molecule has 1 unspecified atom stereocenters. The van der Waals surface area contributed by atoms with Crippen LogP contribution < -0.4 is 5.32 Å². The van der Waals surface area contributed by atoms with Gasteiger partial charge in [0, 0.05) is 10.7 Å². The monoisotopic (exact) mass is 309 g/mol. The summed E-state index contributed by atoms with van der Waals surface area (Å²) >= 11 is 1.27. The molecule has 1 heterocycles. The van der Waals surface area contributed by atoms with Crippen molar-refractivity contribution in [3.8, 4) is 0 Å². The number of nitrogens with one attached hydrogen (secondary N) is 1. The largest absolute Gasteiger partial charge is 0.481 e. The lowest BCUT2D eigenvalue weighted by molar-refractivity contribution is -0.137. The van der Waals surface area contributed by atoms with E-state index in [9.17, 15) is 14.0 Å². The summed E-state index contributed by atoms with van der Waals surface area (Å²) in [6, 6.07) is 5.60. The third kappa shape index (κ3) is 4.01. The van der Waals surface area contributed by atoms with E-state index < -0.39 is 5.97 Å². The predicted molar refractivity (Wildman–Crippen MR) is 80.2 cm³/mol. The Morgan fingerprint density at radius 1 is 1.38 bits per heavy atom. The maximum absolute atomic E-state index is 13.1. The quantitative estimate of drug-likeness (QED) is 0.859. The predicted octanol–water partition coefficient (Wildman–Crippen LogP) is 3.41. The van der Waals surface area contributed by atoms with Gasteiger partial charge in [0.2, 0.25) is 0 Å². The minimum Gasteiger partial charge on any atom is -0.481 e. The van der Waals surface area contributed by atoms with Crippen LogP contribution in [0.5, 0.6) is 0 Å². The fourth-order valence-electron chi connectivity index (χ4n) is 2.17. The van der Waals surface area contributed by atoms with Gasteiger partial charge in [-0.2, -0.15) is 0 Å². The van der Waals surface area contributed by atoms with Crippen LogP contribution in [0.25, 0.3) is 10.1 Å². The highest BCUT2D eigenvalue weighted by Crippen LogP contribution is 2.26. The molecule has 0 aliphatic rings. The number of fused-ring (bicyclic) bond motifs is 1. The van der Waals surface area contributed by atoms with Crippen LogP contribution in [0.2, 0.25) is 0 Å². The molecule has 1 aromatic heterocycles. The Labute approximate surface area is 125 Å². The van der Waals surface area contributed by atoms with Crippen molar-refractivity contribution >= 4 is 33.3 Å². The lowest BCUT2D eigenvalue weighted by atomic mass is 10.1. The molecule has 0 radical (unpaired) electrons. The Balaban J connectivity index is 2.14. The number of carbonyl (C=O) groups excluding carboxylic acids is 1. The third-order valence-electron chi connectivity index (χ3n) is 3.10. The molecule has 0 bridgehead atoms. The van der Waals surface area contributed by atoms with Crippen LogP contribution in [0.1, 0.15) is 35.9 Å². The van der Waals surface area contributed by atoms with Crippen molar-refractivity contribution in [3.05, 3.63) is 35.0 Å². The van der Waals surface area contributed by atoms with Crippen molar-refractivity contribution in [2.24, 2.45) is 0 Å². The van der Waals surface area contributed by atoms with Crippen LogP contribution in [0, 0.1) is 5.82 Å². The van der Waals surface area contributed by atoms with Crippen molar-refractivity contribution in [2.75, 3.05) is 0 Å². The number of carboxylic acid groups (broad SMARTS) is 1. The van der Waals surface area contributed by atoms with Crippen LogP contribution in [-0.4, -0.2) is 23.0 Å². The average molecular weight is 309 g/mol. The fourth-order valence-corrected chi connectivity index (χ4v) is 3.11. The van der Waals surface area contributed by atoms with Crippen LogP contribution >= 0.6 is 11.3 Å². The topological polar surface area (TPSA) is 66.4 Å². The Hall–Kier alpha value is -1.95. The van der Waals surface area contributed by atoms with E-state index in [-0.39, 0.29) is 24.2 Å². The van der Waals surface area contributed by atoms with Crippen LogP contribution in [-0.2, 0) is 4.79 Å². The van der Waals surface area contributed by atoms with Crippen molar-refractivity contribution in [1.29, 1.82) is 0 Å². The highest BCUT2D eigenvalue weighted by atomic mass is 32.1. The number of halogens is 1. The SMILES string of the molecule is CCCC(CC(=O)O)NC(=O)c1cc2cc(F)ccc2s1. The Morgan fingerprint density at radius 2 is 2.14 bits per heavy atom. The van der Waals surface area contributed by atoms with Gasteiger partial charge in [-0.05, 0) is 36.1 Å². The van der Waals surface area contributed by atoms with Crippen molar-refractivity contribution in [3.63, 3.8) is 0 Å². The van der Waals surface area contributed by atoms with Crippen molar-refractivity contribution in [2.45, 2.75) is 32.2 Å². The fraction of sp³-hybridized carbons (Fsp3) is 0.333. The minimum absolute atomic E-state index is 0.0981. The lowest BCUT2D eigenvalue weighted by Gasteiger charge is -2.15. The molecular weight excluding hydrogens is 293 g/mol. The average Bonchev–Trinajstić information content (AvgIpc) is 2.81. The molecule has 2 rings (SSSR count). The van der Waals surface area contributed by atoms with E-state index >= 15 is 0 Å². The molecular formula is C15H16FNO3S. The Morgan fingerprint density at radius 3 is 2.81 bits per heavy atom. The number of aliphatic carboxylic acids is 1. The number of hydrogen-bond acceptors (Lipinski definition) is 3. The lowest BCUT2D eigenvalue weighted by Crippen LogP contribution is -2.36. The molecule has 2 aromatic rings. The molecule has 0 saturated carbocycles. The number of carbonyl (C=O) groups is 2. The first kappa shape index (κ1) is 15.4. The first-order valence-electron chi connectivity index (χ1n) is 6.71. The highest BCUT2D eigenvalue weighted by Gasteiger charge is 2.17. The summed E-state index contributed by atoms with van der Waals surface area (Å²) in [7, 11) is 0. The molecule has 4 nitrogen and oxygen atoms in total. The van der Waals surface area contributed by atoms with E-state index in [4.69, 9.17) is 5.11 Å². The highest BCUT2D eigenvalue weighted by molar-refractivity contribution is 7.20. The standard InChI is InChI=1S/C15H16FNO3S/c1-2-3-11(8-14(18)19)17-15(20)13-7-9-6-10(16)4-5-12(9)21-13/h4-7,11H,2-3,8H2,1H3,(H,17,20)(H,18,19). The maximum Gasteiger partial charge on any atom is 0.305 e. The number of amides is 1. The molecule has 6 heteroatoms. The summed E-state index contributed by atoms with van der Waals surface area (Å²) in [6.07, 6.45) is 1.30. The molecule has 112 valence electrons. The number of carboxylic acids is 1. The van der Waals surface area contributed by atoms with Gasteiger partial charge in [0.15, 0.2) is 0 Å². The molecule has 0 fully saturated rings. The summed E-state index contributed by atoms with van der Waals surface area (Å²) in [5, 5.41) is 12.3. The molecule has 0 spiro atoms. The van der Waals surface area contributed by atoms with Gasteiger partial charge < -0.3 is 10.4 Å². The van der Waals surface area contributed by atoms with Gasteiger partial charge >= 0.3 is 5.97 Å². The molecule has 0 aliphatic heterocycles. The zero-order valence-electron chi connectivity index (χ0n) is 11.6. The van der Waals surface area contributed by atoms with E-state index in [0.29, 0.717) is 16.7 Å². The second kappa shape index (κ2) is 6.67.